The van der Waals surface area contributed by atoms with Crippen LogP contribution >= 0.6 is 0 Å². The summed E-state index contributed by atoms with van der Waals surface area (Å²) in [5.41, 5.74) is 2.18. The summed E-state index contributed by atoms with van der Waals surface area (Å²) in [4.78, 5) is 19.9. The van der Waals surface area contributed by atoms with Gasteiger partial charge in [0.2, 0.25) is 0 Å². The molecule has 30 heavy (non-hydrogen) atoms. The fourth-order valence-electron chi connectivity index (χ4n) is 1.97. The predicted octanol–water partition coefficient (Wildman–Crippen LogP) is 7.50. The molecule has 0 aliphatic rings. The third-order valence-electron chi connectivity index (χ3n) is 3.27. The van der Waals surface area contributed by atoms with E-state index in [0.717, 1.165) is 11.1 Å². The molecule has 0 bridgehead atoms. The van der Waals surface area contributed by atoms with Crippen molar-refractivity contribution in [1.29, 1.82) is 0 Å². The standard InChI is InChI=1S/C21H24N2O3.2C2H6/c1-5-9-12-16(8-4)14-18(20(24)25)22-21-23-19(15-26-21)17(11-7-3)13-10-6-2;2*1-2/h5-13,15H,1,14H2,2-4H3,(H,24,25);2*1-2H3/b10-6-,11-7-,12-9-,16-8+,17-13+,22-18+;;. The van der Waals surface area contributed by atoms with Crippen molar-refractivity contribution in [2.75, 3.05) is 0 Å². The summed E-state index contributed by atoms with van der Waals surface area (Å²) in [5, 5.41) is 9.42. The first kappa shape index (κ1) is 29.0. The molecule has 0 saturated carbocycles. The summed E-state index contributed by atoms with van der Waals surface area (Å²) in [6, 6.07) is 0.0106. The molecule has 1 heterocycles. The Morgan fingerprint density at radius 1 is 1.13 bits per heavy atom. The molecule has 0 aliphatic heterocycles. The summed E-state index contributed by atoms with van der Waals surface area (Å²) in [6.07, 6.45) is 18.1. The molecule has 5 heteroatoms. The van der Waals surface area contributed by atoms with Gasteiger partial charge in [0.15, 0.2) is 0 Å². The van der Waals surface area contributed by atoms with Crippen molar-refractivity contribution in [1.82, 2.24) is 4.98 Å². The normalized spacial score (nSPS) is 12.6. The predicted molar refractivity (Wildman–Crippen MR) is 129 cm³/mol. The number of carboxylic acid groups (broad SMARTS) is 1. The van der Waals surface area contributed by atoms with E-state index >= 15 is 0 Å². The van der Waals surface area contributed by atoms with Crippen LogP contribution in [0.3, 0.4) is 0 Å². The molecule has 0 amide bonds. The number of aliphatic carboxylic acids is 1. The molecule has 1 N–H and O–H groups in total. The van der Waals surface area contributed by atoms with Crippen LogP contribution in [0, 0.1) is 0 Å². The third-order valence-corrected chi connectivity index (χ3v) is 3.27. The molecular weight excluding hydrogens is 376 g/mol. The van der Waals surface area contributed by atoms with Crippen LogP contribution in [0.15, 0.2) is 82.5 Å². The zero-order valence-corrected chi connectivity index (χ0v) is 19.3. The largest absolute Gasteiger partial charge is 0.477 e. The number of carboxylic acids is 1. The van der Waals surface area contributed by atoms with Crippen molar-refractivity contribution < 1.29 is 14.3 Å². The maximum absolute atomic E-state index is 11.5. The lowest BCUT2D eigenvalue weighted by molar-refractivity contribution is -0.129. The van der Waals surface area contributed by atoms with Gasteiger partial charge in [-0.2, -0.15) is 9.98 Å². The second kappa shape index (κ2) is 19.1. The van der Waals surface area contributed by atoms with Crippen LogP contribution in [0.25, 0.3) is 5.57 Å². The van der Waals surface area contributed by atoms with Gasteiger partial charge in [0.25, 0.3) is 0 Å². The first-order chi connectivity index (χ1) is 14.5. The van der Waals surface area contributed by atoms with Crippen molar-refractivity contribution in [2.24, 2.45) is 4.99 Å². The van der Waals surface area contributed by atoms with E-state index in [-0.39, 0.29) is 18.1 Å². The van der Waals surface area contributed by atoms with E-state index in [2.05, 4.69) is 16.6 Å². The first-order valence-corrected chi connectivity index (χ1v) is 10.2. The van der Waals surface area contributed by atoms with Crippen LogP contribution < -0.4 is 0 Å². The summed E-state index contributed by atoms with van der Waals surface area (Å²) < 4.78 is 5.33. The fourth-order valence-corrected chi connectivity index (χ4v) is 1.97. The summed E-state index contributed by atoms with van der Waals surface area (Å²) >= 11 is 0. The van der Waals surface area contributed by atoms with Crippen molar-refractivity contribution in [3.8, 4) is 0 Å². The van der Waals surface area contributed by atoms with Crippen LogP contribution in [0.1, 0.15) is 60.6 Å². The maximum Gasteiger partial charge on any atom is 0.350 e. The van der Waals surface area contributed by atoms with Crippen LogP contribution in [0.4, 0.5) is 6.01 Å². The van der Waals surface area contributed by atoms with E-state index in [4.69, 9.17) is 4.42 Å². The minimum absolute atomic E-state index is 0.0106. The highest BCUT2D eigenvalue weighted by Gasteiger charge is 2.14. The van der Waals surface area contributed by atoms with Crippen LogP contribution in [-0.4, -0.2) is 21.8 Å². The number of aromatic nitrogens is 1. The lowest BCUT2D eigenvalue weighted by Crippen LogP contribution is -2.13. The molecule has 5 nitrogen and oxygen atoms in total. The molecule has 0 aliphatic carbocycles. The van der Waals surface area contributed by atoms with E-state index in [0.29, 0.717) is 5.69 Å². The summed E-state index contributed by atoms with van der Waals surface area (Å²) in [6.45, 7) is 17.3. The molecule has 0 spiro atoms. The molecule has 0 unspecified atom stereocenters. The molecule has 0 aromatic carbocycles. The molecule has 1 rings (SSSR count). The SMILES string of the molecule is C=C/C=C\C(=C/C)C/C(=N\c1nc(C(/C=C\C)=C/C=C\C)co1)C(=O)O.CC.CC. The molecule has 0 fully saturated rings. The molecule has 164 valence electrons. The van der Waals surface area contributed by atoms with Gasteiger partial charge in [0, 0.05) is 12.0 Å². The van der Waals surface area contributed by atoms with E-state index in [1.165, 1.54) is 6.26 Å². The van der Waals surface area contributed by atoms with Gasteiger partial charge in [0.05, 0.1) is 0 Å². The Morgan fingerprint density at radius 2 is 1.80 bits per heavy atom. The van der Waals surface area contributed by atoms with Gasteiger partial charge in [-0.1, -0.05) is 89.0 Å². The van der Waals surface area contributed by atoms with Gasteiger partial charge in [-0.25, -0.2) is 4.79 Å². The maximum atomic E-state index is 11.5. The third kappa shape index (κ3) is 11.6. The quantitative estimate of drug-likeness (QED) is 0.336. The molecule has 1 aromatic heterocycles. The van der Waals surface area contributed by atoms with Gasteiger partial charge < -0.3 is 9.52 Å². The number of hydrogen-bond donors (Lipinski definition) is 1. The molecular formula is C25H36N2O3. The van der Waals surface area contributed by atoms with E-state index in [9.17, 15) is 9.90 Å². The lowest BCUT2D eigenvalue weighted by Gasteiger charge is -2.01. The summed E-state index contributed by atoms with van der Waals surface area (Å²) in [5.74, 6) is -1.12. The fraction of sp³-hybridized carbons (Fsp3) is 0.320. The van der Waals surface area contributed by atoms with Gasteiger partial charge in [-0.15, -0.1) is 0 Å². The van der Waals surface area contributed by atoms with Gasteiger partial charge in [-0.3, -0.25) is 0 Å². The van der Waals surface area contributed by atoms with Crippen molar-refractivity contribution in [3.05, 3.63) is 78.8 Å². The Bertz CT molecular complexity index is 804. The number of hydrogen-bond acceptors (Lipinski definition) is 4. The average molecular weight is 413 g/mol. The molecule has 1 aromatic rings. The van der Waals surface area contributed by atoms with Gasteiger partial charge in [0.1, 0.15) is 17.7 Å². The Hall–Kier alpha value is -3.21. The number of carbonyl (C=O) groups is 1. The number of rotatable bonds is 9. The topological polar surface area (TPSA) is 75.7 Å². The smallest absolute Gasteiger partial charge is 0.350 e. The zero-order valence-electron chi connectivity index (χ0n) is 19.3. The number of oxazole rings is 1. The number of aliphatic imine (C=N–C) groups is 1. The highest BCUT2D eigenvalue weighted by Crippen LogP contribution is 2.21. The van der Waals surface area contributed by atoms with Gasteiger partial charge >= 0.3 is 12.0 Å². The Morgan fingerprint density at radius 3 is 2.30 bits per heavy atom. The van der Waals surface area contributed by atoms with Crippen LogP contribution in [0.5, 0.6) is 0 Å². The highest BCUT2D eigenvalue weighted by atomic mass is 16.4. The summed E-state index contributed by atoms with van der Waals surface area (Å²) in [7, 11) is 0. The lowest BCUT2D eigenvalue weighted by atomic mass is 10.1. The van der Waals surface area contributed by atoms with Gasteiger partial charge in [-0.05, 0) is 26.3 Å². The average Bonchev–Trinajstić information content (AvgIpc) is 3.24. The Balaban J connectivity index is 0. The zero-order chi connectivity index (χ0) is 23.4. The Labute approximate surface area is 181 Å². The number of nitrogens with zero attached hydrogens (tertiary/aromatic N) is 2. The Kier molecular flexibility index (Phi) is 18.5. The van der Waals surface area contributed by atoms with Crippen LogP contribution in [0.2, 0.25) is 0 Å². The monoisotopic (exact) mass is 412 g/mol. The highest BCUT2D eigenvalue weighted by molar-refractivity contribution is 6.36. The molecule has 0 radical (unpaired) electrons. The van der Waals surface area contributed by atoms with Crippen LogP contribution in [-0.2, 0) is 4.79 Å². The minimum atomic E-state index is -1.12. The van der Waals surface area contributed by atoms with Crippen molar-refractivity contribution >= 4 is 23.3 Å². The van der Waals surface area contributed by atoms with E-state index in [1.54, 1.807) is 18.2 Å². The second-order valence-corrected chi connectivity index (χ2v) is 5.16. The minimum Gasteiger partial charge on any atom is -0.477 e. The van der Waals surface area contributed by atoms with Crippen molar-refractivity contribution in [2.45, 2.75) is 54.9 Å². The number of allylic oxidation sites excluding steroid dienone is 11. The molecule has 0 saturated heterocycles. The second-order valence-electron chi connectivity index (χ2n) is 5.16. The van der Waals surface area contributed by atoms with Crippen molar-refractivity contribution in [3.63, 3.8) is 0 Å². The van der Waals surface area contributed by atoms with E-state index in [1.807, 2.05) is 84.9 Å². The molecule has 0 atom stereocenters. The first-order valence-electron chi connectivity index (χ1n) is 10.2. The van der Waals surface area contributed by atoms with E-state index < -0.39 is 5.97 Å².